The zero-order valence-electron chi connectivity index (χ0n) is 12.3. The average molecular weight is 273 g/mol. The Morgan fingerprint density at radius 2 is 2.10 bits per heavy atom. The maximum Gasteiger partial charge on any atom is 0.0956 e. The van der Waals surface area contributed by atoms with E-state index in [0.29, 0.717) is 0 Å². The van der Waals surface area contributed by atoms with Gasteiger partial charge < -0.3 is 9.88 Å². The average Bonchev–Trinajstić information content (AvgIpc) is 3.08. The lowest BCUT2D eigenvalue weighted by Crippen LogP contribution is -2.41. The SMILES string of the molecule is CCCn1cc(-c2cncn2C2(C)CCNCC2)cn1. The minimum atomic E-state index is 0.157. The molecule has 1 fully saturated rings. The molecule has 0 aromatic carbocycles. The van der Waals surface area contributed by atoms with Crippen LogP contribution in [0.2, 0.25) is 0 Å². The molecule has 108 valence electrons. The van der Waals surface area contributed by atoms with Crippen LogP contribution in [0, 0.1) is 0 Å². The number of rotatable bonds is 4. The second kappa shape index (κ2) is 5.40. The molecule has 0 unspecified atom stereocenters. The molecule has 3 rings (SSSR count). The second-order valence-electron chi connectivity index (χ2n) is 5.89. The quantitative estimate of drug-likeness (QED) is 0.929. The minimum Gasteiger partial charge on any atom is -0.324 e. The van der Waals surface area contributed by atoms with Crippen LogP contribution in [0.25, 0.3) is 11.3 Å². The Balaban J connectivity index is 1.92. The third-order valence-corrected chi connectivity index (χ3v) is 4.28. The predicted molar refractivity (Wildman–Crippen MR) is 79.5 cm³/mol. The fourth-order valence-corrected chi connectivity index (χ4v) is 2.99. The maximum atomic E-state index is 4.43. The van der Waals surface area contributed by atoms with Gasteiger partial charge >= 0.3 is 0 Å². The van der Waals surface area contributed by atoms with E-state index in [1.54, 1.807) is 0 Å². The molecule has 1 N–H and O–H groups in total. The fraction of sp³-hybridized carbons (Fsp3) is 0.600. The number of nitrogens with one attached hydrogen (secondary N) is 1. The van der Waals surface area contributed by atoms with Gasteiger partial charge in [0.2, 0.25) is 0 Å². The summed E-state index contributed by atoms with van der Waals surface area (Å²) >= 11 is 0. The van der Waals surface area contributed by atoms with Crippen LogP contribution in [-0.2, 0) is 12.1 Å². The van der Waals surface area contributed by atoms with Gasteiger partial charge in [0.25, 0.3) is 0 Å². The maximum absolute atomic E-state index is 4.43. The van der Waals surface area contributed by atoms with Crippen LogP contribution in [0.4, 0.5) is 0 Å². The van der Waals surface area contributed by atoms with E-state index in [-0.39, 0.29) is 5.54 Å². The molecule has 20 heavy (non-hydrogen) atoms. The van der Waals surface area contributed by atoms with Gasteiger partial charge in [0, 0.05) is 23.8 Å². The summed E-state index contributed by atoms with van der Waals surface area (Å²) in [7, 11) is 0. The fourth-order valence-electron chi connectivity index (χ4n) is 2.99. The lowest BCUT2D eigenvalue weighted by molar-refractivity contribution is 0.233. The van der Waals surface area contributed by atoms with Gasteiger partial charge in [-0.2, -0.15) is 5.10 Å². The molecule has 1 aliphatic heterocycles. The number of piperidine rings is 1. The number of imidazole rings is 1. The van der Waals surface area contributed by atoms with Crippen molar-refractivity contribution in [1.82, 2.24) is 24.6 Å². The van der Waals surface area contributed by atoms with E-state index in [9.17, 15) is 0 Å². The highest BCUT2D eigenvalue weighted by molar-refractivity contribution is 5.57. The van der Waals surface area contributed by atoms with Gasteiger partial charge in [0.05, 0.1) is 24.4 Å². The number of aromatic nitrogens is 4. The zero-order chi connectivity index (χ0) is 14.0. The smallest absolute Gasteiger partial charge is 0.0956 e. The minimum absolute atomic E-state index is 0.157. The van der Waals surface area contributed by atoms with Gasteiger partial charge in [0.15, 0.2) is 0 Å². The number of hydrogen-bond acceptors (Lipinski definition) is 3. The summed E-state index contributed by atoms with van der Waals surface area (Å²) < 4.78 is 4.35. The molecule has 0 saturated carbocycles. The largest absolute Gasteiger partial charge is 0.324 e. The summed E-state index contributed by atoms with van der Waals surface area (Å²) in [4.78, 5) is 4.38. The van der Waals surface area contributed by atoms with Crippen molar-refractivity contribution >= 4 is 0 Å². The van der Waals surface area contributed by atoms with Crippen LogP contribution in [0.5, 0.6) is 0 Å². The van der Waals surface area contributed by atoms with Crippen molar-refractivity contribution in [2.45, 2.75) is 45.2 Å². The Hall–Kier alpha value is -1.62. The highest BCUT2D eigenvalue weighted by atomic mass is 15.3. The van der Waals surface area contributed by atoms with Crippen LogP contribution in [0.15, 0.2) is 24.9 Å². The summed E-state index contributed by atoms with van der Waals surface area (Å²) in [6, 6.07) is 0. The van der Waals surface area contributed by atoms with Crippen molar-refractivity contribution in [3.05, 3.63) is 24.9 Å². The Kier molecular flexibility index (Phi) is 3.61. The van der Waals surface area contributed by atoms with Crippen molar-refractivity contribution < 1.29 is 0 Å². The van der Waals surface area contributed by atoms with E-state index in [4.69, 9.17) is 0 Å². The van der Waals surface area contributed by atoms with Crippen molar-refractivity contribution in [2.75, 3.05) is 13.1 Å². The van der Waals surface area contributed by atoms with Crippen LogP contribution in [-0.4, -0.2) is 32.4 Å². The first-order valence-electron chi connectivity index (χ1n) is 7.49. The van der Waals surface area contributed by atoms with Gasteiger partial charge in [-0.25, -0.2) is 4.98 Å². The van der Waals surface area contributed by atoms with Gasteiger partial charge in [-0.05, 0) is 39.3 Å². The lowest BCUT2D eigenvalue weighted by atomic mass is 9.90. The summed E-state index contributed by atoms with van der Waals surface area (Å²) in [6.45, 7) is 7.61. The second-order valence-corrected chi connectivity index (χ2v) is 5.89. The molecule has 0 aliphatic carbocycles. The van der Waals surface area contributed by atoms with Crippen molar-refractivity contribution in [2.24, 2.45) is 0 Å². The first-order valence-corrected chi connectivity index (χ1v) is 7.49. The molecule has 0 atom stereocenters. The molecule has 5 nitrogen and oxygen atoms in total. The summed E-state index contributed by atoms with van der Waals surface area (Å²) in [6.07, 6.45) is 11.4. The Bertz CT molecular complexity index is 562. The molecule has 2 aromatic rings. The molecule has 0 radical (unpaired) electrons. The molecule has 3 heterocycles. The number of hydrogen-bond donors (Lipinski definition) is 1. The normalized spacial score (nSPS) is 18.3. The van der Waals surface area contributed by atoms with Crippen LogP contribution >= 0.6 is 0 Å². The summed E-state index contributed by atoms with van der Waals surface area (Å²) in [5.41, 5.74) is 2.50. The van der Waals surface area contributed by atoms with Gasteiger partial charge in [-0.15, -0.1) is 0 Å². The van der Waals surface area contributed by atoms with E-state index in [1.807, 2.05) is 23.4 Å². The van der Waals surface area contributed by atoms with E-state index in [2.05, 4.69) is 40.0 Å². The Morgan fingerprint density at radius 3 is 2.85 bits per heavy atom. The molecule has 5 heteroatoms. The first-order chi connectivity index (χ1) is 9.73. The first kappa shape index (κ1) is 13.4. The van der Waals surface area contributed by atoms with E-state index < -0.39 is 0 Å². The van der Waals surface area contributed by atoms with Crippen LogP contribution < -0.4 is 5.32 Å². The van der Waals surface area contributed by atoms with E-state index in [1.165, 1.54) is 5.69 Å². The van der Waals surface area contributed by atoms with Gasteiger partial charge in [0.1, 0.15) is 0 Å². The molecule has 2 aromatic heterocycles. The standard InChI is InChI=1S/C15H23N5/c1-3-8-19-11-13(9-18-19)14-10-17-12-20(14)15(2)4-6-16-7-5-15/h9-12,16H,3-8H2,1-2H3. The number of nitrogens with zero attached hydrogens (tertiary/aromatic N) is 4. The van der Waals surface area contributed by atoms with E-state index in [0.717, 1.165) is 44.5 Å². The summed E-state index contributed by atoms with van der Waals surface area (Å²) in [5.74, 6) is 0. The van der Waals surface area contributed by atoms with Crippen LogP contribution in [0.1, 0.15) is 33.1 Å². The van der Waals surface area contributed by atoms with Crippen molar-refractivity contribution in [3.8, 4) is 11.3 Å². The Morgan fingerprint density at radius 1 is 1.30 bits per heavy atom. The highest BCUT2D eigenvalue weighted by Gasteiger charge is 2.30. The molecular weight excluding hydrogens is 250 g/mol. The molecule has 1 aliphatic rings. The third-order valence-electron chi connectivity index (χ3n) is 4.28. The lowest BCUT2D eigenvalue weighted by Gasteiger charge is -2.36. The monoisotopic (exact) mass is 273 g/mol. The molecule has 1 saturated heterocycles. The van der Waals surface area contributed by atoms with Gasteiger partial charge in [-0.3, -0.25) is 4.68 Å². The highest BCUT2D eigenvalue weighted by Crippen LogP contribution is 2.32. The van der Waals surface area contributed by atoms with Crippen molar-refractivity contribution in [3.63, 3.8) is 0 Å². The molecular formula is C15H23N5. The van der Waals surface area contributed by atoms with Crippen molar-refractivity contribution in [1.29, 1.82) is 0 Å². The topological polar surface area (TPSA) is 47.7 Å². The summed E-state index contributed by atoms with van der Waals surface area (Å²) in [5, 5.41) is 7.87. The number of aryl methyl sites for hydroxylation is 1. The molecule has 0 bridgehead atoms. The molecule has 0 amide bonds. The third kappa shape index (κ3) is 2.38. The van der Waals surface area contributed by atoms with E-state index >= 15 is 0 Å². The molecule has 0 spiro atoms. The van der Waals surface area contributed by atoms with Crippen LogP contribution in [0.3, 0.4) is 0 Å². The predicted octanol–water partition coefficient (Wildman–Crippen LogP) is 2.26. The van der Waals surface area contributed by atoms with Gasteiger partial charge in [-0.1, -0.05) is 6.92 Å². The zero-order valence-corrected chi connectivity index (χ0v) is 12.3. The Labute approximate surface area is 120 Å².